The van der Waals surface area contributed by atoms with Crippen molar-refractivity contribution in [2.45, 2.75) is 11.9 Å². The van der Waals surface area contributed by atoms with Crippen molar-refractivity contribution in [1.29, 1.82) is 0 Å². The van der Waals surface area contributed by atoms with Gasteiger partial charge >= 0.3 is 0 Å². The van der Waals surface area contributed by atoms with Gasteiger partial charge in [-0.05, 0) is 25.1 Å². The smallest absolute Gasteiger partial charge is 0.173 e. The summed E-state index contributed by atoms with van der Waals surface area (Å²) in [7, 11) is 1.59. The van der Waals surface area contributed by atoms with Crippen molar-refractivity contribution < 1.29 is 9.53 Å². The zero-order chi connectivity index (χ0) is 16.2. The summed E-state index contributed by atoms with van der Waals surface area (Å²) >= 11 is 1.44. The van der Waals surface area contributed by atoms with E-state index in [9.17, 15) is 4.79 Å². The maximum Gasteiger partial charge on any atom is 0.173 e. The fraction of sp³-hybridized carbons (Fsp3) is 0.167. The maximum absolute atomic E-state index is 12.4. The number of fused-ring (bicyclic) bond motifs is 1. The van der Waals surface area contributed by atoms with Gasteiger partial charge in [0.2, 0.25) is 0 Å². The maximum atomic E-state index is 12.4. The van der Waals surface area contributed by atoms with Gasteiger partial charge in [0.25, 0.3) is 0 Å². The van der Waals surface area contributed by atoms with Crippen LogP contribution < -0.4 is 4.74 Å². The first-order chi connectivity index (χ1) is 11.2. The molecule has 0 saturated carbocycles. The molecule has 0 unspecified atom stereocenters. The number of thioether (sulfide) groups is 1. The average Bonchev–Trinajstić information content (AvgIpc) is 2.59. The van der Waals surface area contributed by atoms with E-state index in [1.165, 1.54) is 11.8 Å². The van der Waals surface area contributed by atoms with Crippen LogP contribution in [0.3, 0.4) is 0 Å². The van der Waals surface area contributed by atoms with Crippen LogP contribution in [0.2, 0.25) is 0 Å². The molecule has 3 rings (SSSR count). The normalized spacial score (nSPS) is 10.7. The van der Waals surface area contributed by atoms with Gasteiger partial charge in [0.15, 0.2) is 5.78 Å². The SMILES string of the molecule is COc1cccc(C(=O)CSc2nc(C)nc3ccccc23)c1. The van der Waals surface area contributed by atoms with Gasteiger partial charge in [-0.1, -0.05) is 42.1 Å². The number of nitrogens with zero attached hydrogens (tertiary/aromatic N) is 2. The third-order valence-corrected chi connectivity index (χ3v) is 4.40. The highest BCUT2D eigenvalue weighted by molar-refractivity contribution is 8.00. The Morgan fingerprint density at radius 2 is 1.96 bits per heavy atom. The standard InChI is InChI=1S/C18H16N2O2S/c1-12-19-16-9-4-3-8-15(16)18(20-12)23-11-17(21)13-6-5-7-14(10-13)22-2/h3-10H,11H2,1-2H3. The number of ketones is 1. The van der Waals surface area contributed by atoms with Gasteiger partial charge in [0, 0.05) is 10.9 Å². The second kappa shape index (κ2) is 6.79. The third-order valence-electron chi connectivity index (χ3n) is 3.41. The van der Waals surface area contributed by atoms with Crippen molar-refractivity contribution in [2.24, 2.45) is 0 Å². The zero-order valence-corrected chi connectivity index (χ0v) is 13.8. The predicted molar refractivity (Wildman–Crippen MR) is 92.3 cm³/mol. The molecule has 0 bridgehead atoms. The Morgan fingerprint density at radius 1 is 1.13 bits per heavy atom. The number of benzene rings is 2. The van der Waals surface area contributed by atoms with Crippen molar-refractivity contribution >= 4 is 28.4 Å². The minimum absolute atomic E-state index is 0.0502. The lowest BCUT2D eigenvalue weighted by molar-refractivity contribution is 0.102. The molecule has 0 amide bonds. The average molecular weight is 324 g/mol. The fourth-order valence-electron chi connectivity index (χ4n) is 2.28. The first-order valence-corrected chi connectivity index (χ1v) is 8.19. The highest BCUT2D eigenvalue weighted by atomic mass is 32.2. The van der Waals surface area contributed by atoms with E-state index in [-0.39, 0.29) is 5.78 Å². The van der Waals surface area contributed by atoms with Crippen LogP contribution >= 0.6 is 11.8 Å². The molecule has 116 valence electrons. The number of ether oxygens (including phenoxy) is 1. The highest BCUT2D eigenvalue weighted by Crippen LogP contribution is 2.26. The summed E-state index contributed by atoms with van der Waals surface area (Å²) in [6, 6.07) is 15.0. The number of Topliss-reactive ketones (excluding diaryl/α,β-unsaturated/α-hetero) is 1. The van der Waals surface area contributed by atoms with Gasteiger partial charge in [0.05, 0.1) is 18.4 Å². The lowest BCUT2D eigenvalue weighted by Gasteiger charge is -2.07. The molecular weight excluding hydrogens is 308 g/mol. The Balaban J connectivity index is 1.81. The predicted octanol–water partition coefficient (Wildman–Crippen LogP) is 3.92. The van der Waals surface area contributed by atoms with Gasteiger partial charge < -0.3 is 4.74 Å². The van der Waals surface area contributed by atoms with Crippen LogP contribution in [0.4, 0.5) is 0 Å². The number of carbonyl (C=O) groups excluding carboxylic acids is 1. The van der Waals surface area contributed by atoms with E-state index in [0.717, 1.165) is 15.9 Å². The fourth-order valence-corrected chi connectivity index (χ4v) is 3.24. The van der Waals surface area contributed by atoms with Crippen molar-refractivity contribution in [3.8, 4) is 5.75 Å². The molecular formula is C18H16N2O2S. The summed E-state index contributed by atoms with van der Waals surface area (Å²) < 4.78 is 5.16. The van der Waals surface area contributed by atoms with Gasteiger partial charge in [-0.2, -0.15) is 0 Å². The molecule has 5 heteroatoms. The van der Waals surface area contributed by atoms with Crippen LogP contribution in [-0.2, 0) is 0 Å². The van der Waals surface area contributed by atoms with E-state index in [0.29, 0.717) is 22.9 Å². The third kappa shape index (κ3) is 3.51. The van der Waals surface area contributed by atoms with E-state index in [4.69, 9.17) is 4.74 Å². The van der Waals surface area contributed by atoms with Crippen molar-refractivity contribution in [3.63, 3.8) is 0 Å². The van der Waals surface area contributed by atoms with Crippen LogP contribution in [0.15, 0.2) is 53.6 Å². The summed E-state index contributed by atoms with van der Waals surface area (Å²) in [6.45, 7) is 1.86. The van der Waals surface area contributed by atoms with Crippen molar-refractivity contribution in [2.75, 3.05) is 12.9 Å². The minimum atomic E-state index is 0.0502. The summed E-state index contributed by atoms with van der Waals surface area (Å²) in [5.74, 6) is 1.77. The van der Waals surface area contributed by atoms with E-state index in [1.807, 2.05) is 43.3 Å². The van der Waals surface area contributed by atoms with Gasteiger partial charge in [-0.3, -0.25) is 4.79 Å². The molecule has 2 aromatic carbocycles. The quantitative estimate of drug-likeness (QED) is 0.404. The first kappa shape index (κ1) is 15.5. The summed E-state index contributed by atoms with van der Waals surface area (Å²) in [6.07, 6.45) is 0. The van der Waals surface area contributed by atoms with Crippen LogP contribution in [0, 0.1) is 6.92 Å². The highest BCUT2D eigenvalue weighted by Gasteiger charge is 2.11. The minimum Gasteiger partial charge on any atom is -0.497 e. The first-order valence-electron chi connectivity index (χ1n) is 7.21. The molecule has 0 atom stereocenters. The van der Waals surface area contributed by atoms with Crippen LogP contribution in [0.5, 0.6) is 5.75 Å². The Kier molecular flexibility index (Phi) is 4.57. The number of para-hydroxylation sites is 1. The van der Waals surface area contributed by atoms with Crippen LogP contribution in [0.1, 0.15) is 16.2 Å². The van der Waals surface area contributed by atoms with Gasteiger partial charge in [-0.25, -0.2) is 9.97 Å². The van der Waals surface area contributed by atoms with E-state index in [1.54, 1.807) is 19.2 Å². The molecule has 0 fully saturated rings. The summed E-state index contributed by atoms with van der Waals surface area (Å²) in [5.41, 5.74) is 1.54. The molecule has 4 nitrogen and oxygen atoms in total. The molecule has 0 aliphatic heterocycles. The number of hydrogen-bond donors (Lipinski definition) is 0. The topological polar surface area (TPSA) is 52.1 Å². The molecule has 3 aromatic rings. The van der Waals surface area contributed by atoms with Gasteiger partial charge in [-0.15, -0.1) is 0 Å². The van der Waals surface area contributed by atoms with Gasteiger partial charge in [0.1, 0.15) is 16.6 Å². The zero-order valence-electron chi connectivity index (χ0n) is 12.9. The number of aryl methyl sites for hydroxylation is 1. The monoisotopic (exact) mass is 324 g/mol. The van der Waals surface area contributed by atoms with E-state index < -0.39 is 0 Å². The van der Waals surface area contributed by atoms with Crippen molar-refractivity contribution in [3.05, 3.63) is 59.9 Å². The molecule has 0 saturated heterocycles. The summed E-state index contributed by atoms with van der Waals surface area (Å²) in [5, 5.41) is 1.81. The lowest BCUT2D eigenvalue weighted by Crippen LogP contribution is -2.03. The Morgan fingerprint density at radius 3 is 2.78 bits per heavy atom. The molecule has 1 aromatic heterocycles. The Hall–Kier alpha value is -2.40. The number of carbonyl (C=O) groups is 1. The van der Waals surface area contributed by atoms with E-state index in [2.05, 4.69) is 9.97 Å². The number of rotatable bonds is 5. The number of methoxy groups -OCH3 is 1. The molecule has 0 radical (unpaired) electrons. The second-order valence-electron chi connectivity index (χ2n) is 5.04. The second-order valence-corrected chi connectivity index (χ2v) is 6.00. The van der Waals surface area contributed by atoms with E-state index >= 15 is 0 Å². The molecule has 0 aliphatic rings. The number of aromatic nitrogens is 2. The molecule has 0 N–H and O–H groups in total. The molecule has 0 aliphatic carbocycles. The van der Waals surface area contributed by atoms with Crippen LogP contribution in [0.25, 0.3) is 10.9 Å². The molecule has 1 heterocycles. The summed E-state index contributed by atoms with van der Waals surface area (Å²) in [4.78, 5) is 21.3. The largest absolute Gasteiger partial charge is 0.497 e. The molecule has 0 spiro atoms. The molecule has 23 heavy (non-hydrogen) atoms. The number of hydrogen-bond acceptors (Lipinski definition) is 5. The lowest BCUT2D eigenvalue weighted by atomic mass is 10.1. The Bertz CT molecular complexity index is 865. The van der Waals surface area contributed by atoms with Crippen LogP contribution in [-0.4, -0.2) is 28.6 Å². The Labute approximate surface area is 138 Å². The van der Waals surface area contributed by atoms with Crippen molar-refractivity contribution in [1.82, 2.24) is 9.97 Å².